The van der Waals surface area contributed by atoms with Crippen molar-refractivity contribution in [2.45, 2.75) is 45.6 Å². The Morgan fingerprint density at radius 3 is 2.67 bits per heavy atom. The second kappa shape index (κ2) is 6.10. The molecule has 1 atom stereocenters. The lowest BCUT2D eigenvalue weighted by Crippen LogP contribution is -2.42. The molecule has 2 nitrogen and oxygen atoms in total. The summed E-state index contributed by atoms with van der Waals surface area (Å²) >= 11 is 0. The predicted molar refractivity (Wildman–Crippen MR) is 89.5 cm³/mol. The monoisotopic (exact) mass is 286 g/mol. The number of hydrogen-bond donors (Lipinski definition) is 1. The molecule has 2 aliphatic rings. The molecule has 0 radical (unpaired) electrons. The summed E-state index contributed by atoms with van der Waals surface area (Å²) < 4.78 is 0. The van der Waals surface area contributed by atoms with Crippen LogP contribution >= 0.6 is 0 Å². The first-order valence-corrected chi connectivity index (χ1v) is 8.56. The predicted octanol–water partition coefficient (Wildman–Crippen LogP) is 3.63. The van der Waals surface area contributed by atoms with Gasteiger partial charge in [0, 0.05) is 6.04 Å². The highest BCUT2D eigenvalue weighted by Crippen LogP contribution is 2.43. The van der Waals surface area contributed by atoms with E-state index in [9.17, 15) is 0 Å². The van der Waals surface area contributed by atoms with Crippen molar-refractivity contribution in [3.8, 4) is 0 Å². The fourth-order valence-corrected chi connectivity index (χ4v) is 4.00. The third-order valence-corrected chi connectivity index (χ3v) is 5.64. The van der Waals surface area contributed by atoms with Gasteiger partial charge in [-0.1, -0.05) is 38.1 Å². The van der Waals surface area contributed by atoms with Crippen molar-refractivity contribution < 1.29 is 0 Å². The molecule has 1 N–H and O–H groups in total. The summed E-state index contributed by atoms with van der Waals surface area (Å²) in [4.78, 5) is 2.45. The molecule has 1 aromatic rings. The number of likely N-dealkylation sites (tertiary alicyclic amines) is 1. The van der Waals surface area contributed by atoms with E-state index in [0.717, 1.165) is 5.92 Å². The van der Waals surface area contributed by atoms with Gasteiger partial charge < -0.3 is 10.2 Å². The molecular formula is C19H30N2. The standard InChI is InChI=1S/C19H30N2/c1-19(2)11-8-16-6-4-5-7-17(16)18(19)20-14-15-9-12-21(3)13-10-15/h4-7,15,18,20H,8-14H2,1-3H3. The van der Waals surface area contributed by atoms with E-state index in [0.29, 0.717) is 11.5 Å². The Morgan fingerprint density at radius 1 is 1.19 bits per heavy atom. The van der Waals surface area contributed by atoms with Crippen molar-refractivity contribution in [1.82, 2.24) is 10.2 Å². The van der Waals surface area contributed by atoms with Gasteiger partial charge in [0.25, 0.3) is 0 Å². The van der Waals surface area contributed by atoms with E-state index in [4.69, 9.17) is 0 Å². The summed E-state index contributed by atoms with van der Waals surface area (Å²) in [6, 6.07) is 9.55. The minimum absolute atomic E-state index is 0.361. The van der Waals surface area contributed by atoms with Crippen LogP contribution < -0.4 is 5.32 Å². The minimum Gasteiger partial charge on any atom is -0.309 e. The molecule has 3 rings (SSSR count). The van der Waals surface area contributed by atoms with Crippen molar-refractivity contribution in [2.24, 2.45) is 11.3 Å². The van der Waals surface area contributed by atoms with Gasteiger partial charge >= 0.3 is 0 Å². The maximum Gasteiger partial charge on any atom is 0.0374 e. The number of benzene rings is 1. The zero-order valence-corrected chi connectivity index (χ0v) is 13.9. The average Bonchev–Trinajstić information content (AvgIpc) is 2.48. The lowest BCUT2D eigenvalue weighted by molar-refractivity contribution is 0.175. The minimum atomic E-state index is 0.361. The molecular weight excluding hydrogens is 256 g/mol. The zero-order chi connectivity index (χ0) is 14.9. The molecule has 1 fully saturated rings. The van der Waals surface area contributed by atoms with Gasteiger partial charge in [-0.15, -0.1) is 0 Å². The van der Waals surface area contributed by atoms with Crippen LogP contribution in [0.1, 0.15) is 50.3 Å². The lowest BCUT2D eigenvalue weighted by Gasteiger charge is -2.42. The van der Waals surface area contributed by atoms with Crippen LogP contribution in [0.15, 0.2) is 24.3 Å². The van der Waals surface area contributed by atoms with Crippen molar-refractivity contribution in [1.29, 1.82) is 0 Å². The first-order chi connectivity index (χ1) is 10.1. The Bertz CT molecular complexity index is 472. The number of nitrogens with zero attached hydrogens (tertiary/aromatic N) is 1. The van der Waals surface area contributed by atoms with Crippen LogP contribution in [-0.4, -0.2) is 31.6 Å². The summed E-state index contributed by atoms with van der Waals surface area (Å²) in [5, 5.41) is 3.93. The lowest BCUT2D eigenvalue weighted by atomic mass is 9.70. The second-order valence-corrected chi connectivity index (χ2v) is 7.78. The summed E-state index contributed by atoms with van der Waals surface area (Å²) in [6.45, 7) is 8.55. The van der Waals surface area contributed by atoms with Crippen LogP contribution in [0.4, 0.5) is 0 Å². The molecule has 0 aromatic heterocycles. The van der Waals surface area contributed by atoms with E-state index < -0.39 is 0 Å². The molecule has 116 valence electrons. The first kappa shape index (κ1) is 15.1. The average molecular weight is 286 g/mol. The van der Waals surface area contributed by atoms with Crippen LogP contribution in [0.2, 0.25) is 0 Å². The van der Waals surface area contributed by atoms with Crippen LogP contribution in [-0.2, 0) is 6.42 Å². The molecule has 1 heterocycles. The Kier molecular flexibility index (Phi) is 4.37. The van der Waals surface area contributed by atoms with Crippen LogP contribution in [0, 0.1) is 11.3 Å². The second-order valence-electron chi connectivity index (χ2n) is 7.78. The van der Waals surface area contributed by atoms with Crippen molar-refractivity contribution >= 4 is 0 Å². The van der Waals surface area contributed by atoms with Gasteiger partial charge in [0.2, 0.25) is 0 Å². The Labute approximate surface area is 129 Å². The van der Waals surface area contributed by atoms with Gasteiger partial charge in [0.05, 0.1) is 0 Å². The molecule has 21 heavy (non-hydrogen) atoms. The van der Waals surface area contributed by atoms with Crippen molar-refractivity contribution in [3.05, 3.63) is 35.4 Å². The summed E-state index contributed by atoms with van der Waals surface area (Å²) in [6.07, 6.45) is 5.21. The highest BCUT2D eigenvalue weighted by atomic mass is 15.1. The molecule has 0 spiro atoms. The third kappa shape index (κ3) is 3.32. The molecule has 1 aliphatic heterocycles. The Balaban J connectivity index is 1.68. The quantitative estimate of drug-likeness (QED) is 0.913. The van der Waals surface area contributed by atoms with E-state index in [1.54, 1.807) is 11.1 Å². The van der Waals surface area contributed by atoms with Gasteiger partial charge in [-0.3, -0.25) is 0 Å². The molecule has 0 amide bonds. The highest BCUT2D eigenvalue weighted by Gasteiger charge is 2.35. The maximum atomic E-state index is 3.93. The molecule has 2 heteroatoms. The smallest absolute Gasteiger partial charge is 0.0374 e. The van der Waals surface area contributed by atoms with Gasteiger partial charge in [-0.05, 0) is 74.8 Å². The molecule has 1 aromatic carbocycles. The number of nitrogens with one attached hydrogen (secondary N) is 1. The van der Waals surface area contributed by atoms with E-state index in [1.807, 2.05) is 0 Å². The van der Waals surface area contributed by atoms with E-state index >= 15 is 0 Å². The highest BCUT2D eigenvalue weighted by molar-refractivity contribution is 5.34. The van der Waals surface area contributed by atoms with E-state index in [2.05, 4.69) is 55.4 Å². The van der Waals surface area contributed by atoms with Crippen LogP contribution in [0.3, 0.4) is 0 Å². The van der Waals surface area contributed by atoms with Gasteiger partial charge in [0.1, 0.15) is 0 Å². The number of hydrogen-bond acceptors (Lipinski definition) is 2. The van der Waals surface area contributed by atoms with E-state index in [1.165, 1.54) is 45.3 Å². The van der Waals surface area contributed by atoms with Crippen molar-refractivity contribution in [2.75, 3.05) is 26.7 Å². The summed E-state index contributed by atoms with van der Waals surface area (Å²) in [7, 11) is 2.24. The molecule has 0 saturated carbocycles. The third-order valence-electron chi connectivity index (χ3n) is 5.64. The Morgan fingerprint density at radius 2 is 1.90 bits per heavy atom. The number of aryl methyl sites for hydroxylation is 1. The fraction of sp³-hybridized carbons (Fsp3) is 0.684. The summed E-state index contributed by atoms with van der Waals surface area (Å²) in [5.74, 6) is 0.853. The SMILES string of the molecule is CN1CCC(CNC2c3ccccc3CCC2(C)C)CC1. The van der Waals surface area contributed by atoms with Crippen LogP contribution in [0.5, 0.6) is 0 Å². The number of rotatable bonds is 3. The fourth-order valence-electron chi connectivity index (χ4n) is 4.00. The van der Waals surface area contributed by atoms with Crippen LogP contribution in [0.25, 0.3) is 0 Å². The summed E-state index contributed by atoms with van der Waals surface area (Å²) in [5.41, 5.74) is 3.46. The van der Waals surface area contributed by atoms with E-state index in [-0.39, 0.29) is 0 Å². The molecule has 0 bridgehead atoms. The van der Waals surface area contributed by atoms with Gasteiger partial charge in [-0.25, -0.2) is 0 Å². The molecule has 1 aliphatic carbocycles. The first-order valence-electron chi connectivity index (χ1n) is 8.56. The maximum absolute atomic E-state index is 3.93. The normalized spacial score (nSPS) is 26.5. The molecule has 1 unspecified atom stereocenters. The van der Waals surface area contributed by atoms with Gasteiger partial charge in [0.15, 0.2) is 0 Å². The largest absolute Gasteiger partial charge is 0.309 e. The number of piperidine rings is 1. The van der Waals surface area contributed by atoms with Gasteiger partial charge in [-0.2, -0.15) is 0 Å². The van der Waals surface area contributed by atoms with Crippen molar-refractivity contribution in [3.63, 3.8) is 0 Å². The number of fused-ring (bicyclic) bond motifs is 1. The topological polar surface area (TPSA) is 15.3 Å². The zero-order valence-electron chi connectivity index (χ0n) is 13.9. The molecule has 1 saturated heterocycles. The Hall–Kier alpha value is -0.860.